The van der Waals surface area contributed by atoms with Gasteiger partial charge in [0.1, 0.15) is 0 Å². The van der Waals surface area contributed by atoms with Crippen molar-refractivity contribution in [1.29, 1.82) is 0 Å². The van der Waals surface area contributed by atoms with Crippen LogP contribution < -0.4 is 0 Å². The minimum Gasteiger partial charge on any atom is -0.459 e. The van der Waals surface area contributed by atoms with E-state index in [0.717, 1.165) is 0 Å². The first-order valence-corrected chi connectivity index (χ1v) is 3.36. The monoisotopic (exact) mass is 125 g/mol. The van der Waals surface area contributed by atoms with E-state index in [1.807, 2.05) is 0 Å². The van der Waals surface area contributed by atoms with Crippen LogP contribution in [0.4, 0.5) is 0 Å². The molecule has 0 saturated heterocycles. The zero-order valence-corrected chi connectivity index (χ0v) is 4.21. The van der Waals surface area contributed by atoms with Gasteiger partial charge in [0, 0.05) is 0 Å². The Balaban J connectivity index is 4.63. The molecule has 0 aromatic heterocycles. The van der Waals surface area contributed by atoms with E-state index in [1.165, 1.54) is 5.23 Å². The van der Waals surface area contributed by atoms with Crippen LogP contribution in [0.1, 0.15) is 0 Å². The minimum atomic E-state index is -2.07. The summed E-state index contributed by atoms with van der Waals surface area (Å²) >= 11 is 0. The Morgan fingerprint density at radius 1 is 1.83 bits per heavy atom. The predicted molar refractivity (Wildman–Crippen MR) is 23.7 cm³/mol. The molecule has 0 amide bonds. The quantitative estimate of drug-likeness (QED) is 0.269. The van der Waals surface area contributed by atoms with Crippen molar-refractivity contribution in [3.05, 3.63) is 0 Å². The first-order valence-electron chi connectivity index (χ1n) is 0.924. The van der Waals surface area contributed by atoms with Crippen LogP contribution in [0, 0.1) is 0 Å². The van der Waals surface area contributed by atoms with Crippen molar-refractivity contribution in [1.82, 2.24) is 0 Å². The summed E-state index contributed by atoms with van der Waals surface area (Å²) in [5.41, 5.74) is 0. The second-order valence-corrected chi connectivity index (χ2v) is 2.51. The topological polar surface area (TPSA) is 54.4 Å². The summed E-state index contributed by atoms with van der Waals surface area (Å²) in [6, 6.07) is 0. The van der Waals surface area contributed by atoms with E-state index < -0.39 is 9.64 Å². The van der Waals surface area contributed by atoms with Gasteiger partial charge in [0.2, 0.25) is 0 Å². The lowest BCUT2D eigenvalue weighted by atomic mass is 11.9. The van der Waals surface area contributed by atoms with Gasteiger partial charge in [-0.15, -0.1) is 0 Å². The Kier molecular flexibility index (Phi) is 3.07. The van der Waals surface area contributed by atoms with Gasteiger partial charge >= 0.3 is 0 Å². The summed E-state index contributed by atoms with van der Waals surface area (Å²) in [6.07, 6.45) is 0. The van der Waals surface area contributed by atoms with E-state index in [4.69, 9.17) is 9.35 Å². The van der Waals surface area contributed by atoms with E-state index >= 15 is 0 Å². The maximum absolute atomic E-state index is 9.41. The molecule has 0 rings (SSSR count). The molecule has 0 fully saturated rings. The Morgan fingerprint density at radius 2 is 2.33 bits per heavy atom. The van der Waals surface area contributed by atoms with Gasteiger partial charge in [-0.2, -0.15) is 9.91 Å². The standard InChI is InChI=1S/CHO3S2/c2-1-5-6(3)4/h(H,3,4)/q-1. The third-order valence-electron chi connectivity index (χ3n) is 0.105. The normalized spacial score (nSPS) is 7.67. The summed E-state index contributed by atoms with van der Waals surface area (Å²) < 4.78 is 17.1. The minimum absolute atomic E-state index is 0.208. The van der Waals surface area contributed by atoms with Crippen LogP contribution in [0.3, 0.4) is 0 Å². The molecule has 6 heavy (non-hydrogen) atoms. The maximum Gasteiger partial charge on any atom is 0.167 e. The molecule has 3 nitrogen and oxygen atoms in total. The largest absolute Gasteiger partial charge is 0.459 e. The van der Waals surface area contributed by atoms with Crippen molar-refractivity contribution < 1.29 is 13.6 Å². The first-order chi connectivity index (χ1) is 2.77. The van der Waals surface area contributed by atoms with Crippen molar-refractivity contribution in [3.8, 4) is 0 Å². The predicted octanol–water partition coefficient (Wildman–Crippen LogP) is -0.512. The molecule has 36 valence electrons. The lowest BCUT2D eigenvalue weighted by Crippen LogP contribution is -1.58. The molecule has 0 saturated carbocycles. The number of hydrogen-bond donors (Lipinski definition) is 1. The van der Waals surface area contributed by atoms with Crippen LogP contribution in [-0.4, -0.2) is 9.79 Å². The lowest BCUT2D eigenvalue weighted by Gasteiger charge is -1.70. The summed E-state index contributed by atoms with van der Waals surface area (Å²) in [6.45, 7) is 0. The van der Waals surface area contributed by atoms with Gasteiger partial charge < -0.3 is 8.76 Å². The molecule has 0 unspecified atom stereocenters. The third-order valence-corrected chi connectivity index (χ3v) is 0.948. The number of rotatable bonds is 0. The van der Waals surface area contributed by atoms with Gasteiger partial charge in [-0.1, -0.05) is 9.64 Å². The molecule has 0 radical (unpaired) electrons. The van der Waals surface area contributed by atoms with Gasteiger partial charge in [0.05, 0.1) is 0 Å². The highest BCUT2D eigenvalue weighted by molar-refractivity contribution is 8.25. The van der Waals surface area contributed by atoms with Gasteiger partial charge in [-0.25, -0.2) is 4.79 Å². The average Bonchev–Trinajstić information content (AvgIpc) is 1.35. The van der Waals surface area contributed by atoms with Crippen LogP contribution in [0.5, 0.6) is 0 Å². The fourth-order valence-electron chi connectivity index (χ4n) is 0.0291. The van der Waals surface area contributed by atoms with Gasteiger partial charge in [-0.3, -0.25) is 0 Å². The molecule has 0 aromatic rings. The van der Waals surface area contributed by atoms with E-state index in [2.05, 4.69) is 0 Å². The van der Waals surface area contributed by atoms with E-state index in [0.29, 0.717) is 0 Å². The molecule has 5 heteroatoms. The Labute approximate surface area is 39.1 Å². The van der Waals surface area contributed by atoms with Crippen molar-refractivity contribution in [3.63, 3.8) is 0 Å². The second-order valence-electron chi connectivity index (χ2n) is 0.384. The van der Waals surface area contributed by atoms with Crippen molar-refractivity contribution in [2.45, 2.75) is 0 Å². The molecule has 0 aromatic carbocycles. The zero-order valence-electron chi connectivity index (χ0n) is 2.58. The molecular formula is CHO3S2-. The van der Waals surface area contributed by atoms with Gasteiger partial charge in [0.15, 0.2) is 5.23 Å². The first kappa shape index (κ1) is 5.91. The molecule has 0 bridgehead atoms. The highest BCUT2D eigenvalue weighted by atomic mass is 32.8. The van der Waals surface area contributed by atoms with Crippen LogP contribution in [0.25, 0.3) is 0 Å². The molecule has 0 heterocycles. The smallest absolute Gasteiger partial charge is 0.167 e. The summed E-state index contributed by atoms with van der Waals surface area (Å²) in [7, 11) is -1.86. The number of hydrogen-bond acceptors (Lipinski definition) is 3. The van der Waals surface area contributed by atoms with Crippen LogP contribution >= 0.6 is 0 Å². The highest BCUT2D eigenvalue weighted by Gasteiger charge is 1.33. The molecule has 0 aliphatic carbocycles. The van der Waals surface area contributed by atoms with Crippen LogP contribution in [0.2, 0.25) is 0 Å². The Bertz CT molecular complexity index is 154. The maximum atomic E-state index is 9.41. The summed E-state index contributed by atoms with van der Waals surface area (Å²) in [5, 5.41) is 1.18. The SMILES string of the molecule is O=C=S=[S-](=O)O. The van der Waals surface area contributed by atoms with Crippen molar-refractivity contribution in [2.24, 2.45) is 0 Å². The Morgan fingerprint density at radius 3 is 2.33 bits per heavy atom. The summed E-state index contributed by atoms with van der Waals surface area (Å²) in [4.78, 5) is 9.10. The average molecular weight is 125 g/mol. The fraction of sp³-hybridized carbons (Fsp3) is 0. The second kappa shape index (κ2) is 3.11. The molecule has 0 aliphatic rings. The van der Waals surface area contributed by atoms with Crippen LogP contribution in [-0.2, 0) is 28.6 Å². The lowest BCUT2D eigenvalue weighted by molar-refractivity contribution is 0.536. The van der Waals surface area contributed by atoms with E-state index in [-0.39, 0.29) is 9.91 Å². The van der Waals surface area contributed by atoms with Gasteiger partial charge in [0.25, 0.3) is 0 Å². The van der Waals surface area contributed by atoms with Crippen molar-refractivity contribution >= 4 is 24.8 Å². The van der Waals surface area contributed by atoms with E-state index in [1.54, 1.807) is 0 Å². The highest BCUT2D eigenvalue weighted by Crippen LogP contribution is 1.40. The molecule has 0 aliphatic heterocycles. The molecule has 1 N–H and O–H groups in total. The zero-order chi connectivity index (χ0) is 4.99. The third kappa shape index (κ3) is 3.91. The molecular weight excluding hydrogens is 124 g/mol. The Hall–Kier alpha value is -0.0900. The molecule has 0 spiro atoms. The van der Waals surface area contributed by atoms with Gasteiger partial charge in [-0.05, 0) is 0 Å². The summed E-state index contributed by atoms with van der Waals surface area (Å²) in [5.74, 6) is 0. The van der Waals surface area contributed by atoms with E-state index in [9.17, 15) is 4.21 Å². The number of carbonyl (C=O) groups excluding carboxylic acids is 1. The molecule has 0 atom stereocenters. The van der Waals surface area contributed by atoms with Crippen molar-refractivity contribution in [2.75, 3.05) is 0 Å². The fourth-order valence-corrected chi connectivity index (χ4v) is 0.262. The van der Waals surface area contributed by atoms with Crippen LogP contribution in [0.15, 0.2) is 0 Å².